The van der Waals surface area contributed by atoms with Crippen LogP contribution < -0.4 is 4.90 Å². The molecule has 0 atom stereocenters. The van der Waals surface area contributed by atoms with Gasteiger partial charge < -0.3 is 4.74 Å². The number of para-hydroxylation sites is 1. The van der Waals surface area contributed by atoms with Crippen LogP contribution in [0.15, 0.2) is 47.4 Å². The second kappa shape index (κ2) is 9.80. The van der Waals surface area contributed by atoms with Crippen LogP contribution in [0.2, 0.25) is 5.02 Å². The number of morpholine rings is 1. The maximum Gasteiger partial charge on any atom is 0.244 e. The van der Waals surface area contributed by atoms with Gasteiger partial charge in [-0.2, -0.15) is 0 Å². The number of nitrogens with zero attached hydrogens (tertiary/aromatic N) is 3. The predicted molar refractivity (Wildman–Crippen MR) is 123 cm³/mol. The molecule has 0 radical (unpaired) electrons. The van der Waals surface area contributed by atoms with Crippen LogP contribution in [0.1, 0.15) is 0 Å². The summed E-state index contributed by atoms with van der Waals surface area (Å²) < 4.78 is 44.9. The van der Waals surface area contributed by atoms with Crippen molar-refractivity contribution in [2.24, 2.45) is 0 Å². The summed E-state index contributed by atoms with van der Waals surface area (Å²) in [7, 11) is -3.95. The van der Waals surface area contributed by atoms with Crippen LogP contribution in [0.4, 0.5) is 9.52 Å². The van der Waals surface area contributed by atoms with E-state index in [1.165, 1.54) is 16.2 Å². The predicted octanol–water partition coefficient (Wildman–Crippen LogP) is 3.23. The zero-order chi connectivity index (χ0) is 22.7. The number of fused-ring (bicyclic) bond motifs is 1. The molecule has 2 aromatic carbocycles. The second-order valence-corrected chi connectivity index (χ2v) is 10.7. The zero-order valence-electron chi connectivity index (χ0n) is 17.0. The molecule has 0 N–H and O–H groups in total. The van der Waals surface area contributed by atoms with Gasteiger partial charge >= 0.3 is 0 Å². The van der Waals surface area contributed by atoms with Crippen LogP contribution >= 0.6 is 22.9 Å². The van der Waals surface area contributed by atoms with Gasteiger partial charge in [-0.3, -0.25) is 14.6 Å². The minimum Gasteiger partial charge on any atom is -0.379 e. The number of sulfone groups is 1. The molecular weight excluding hydrogens is 477 g/mol. The highest BCUT2D eigenvalue weighted by molar-refractivity contribution is 7.92. The number of thiazole rings is 1. The number of aromatic nitrogens is 1. The van der Waals surface area contributed by atoms with Gasteiger partial charge in [0.25, 0.3) is 0 Å². The van der Waals surface area contributed by atoms with Crippen molar-refractivity contribution in [2.45, 2.75) is 4.90 Å². The molecule has 1 aliphatic heterocycles. The van der Waals surface area contributed by atoms with Gasteiger partial charge in [0.05, 0.1) is 27.8 Å². The lowest BCUT2D eigenvalue weighted by atomic mass is 10.3. The molecule has 0 saturated carbocycles. The number of ether oxygens (including phenoxy) is 1. The summed E-state index contributed by atoms with van der Waals surface area (Å²) in [5.74, 6) is -1.89. The molecule has 1 aliphatic rings. The Hall–Kier alpha value is -2.11. The lowest BCUT2D eigenvalue weighted by Gasteiger charge is -2.29. The number of hydrogen-bond acceptors (Lipinski definition) is 7. The number of hydrogen-bond donors (Lipinski definition) is 0. The molecule has 0 unspecified atom stereocenters. The highest BCUT2D eigenvalue weighted by atomic mass is 35.5. The quantitative estimate of drug-likeness (QED) is 0.466. The van der Waals surface area contributed by atoms with E-state index in [2.05, 4.69) is 9.88 Å². The fourth-order valence-corrected chi connectivity index (χ4v) is 5.88. The average Bonchev–Trinajstić information content (AvgIpc) is 3.20. The van der Waals surface area contributed by atoms with E-state index in [0.717, 1.165) is 42.1 Å². The van der Waals surface area contributed by atoms with Crippen LogP contribution in [0, 0.1) is 5.82 Å². The summed E-state index contributed by atoms with van der Waals surface area (Å²) in [6.07, 6.45) is 0. The largest absolute Gasteiger partial charge is 0.379 e. The first-order chi connectivity index (χ1) is 15.3. The van der Waals surface area contributed by atoms with Crippen molar-refractivity contribution in [3.63, 3.8) is 0 Å². The SMILES string of the molecule is O=C(CS(=O)(=O)c1ccc(F)cc1)N(CCN1CCOCC1)c1nc2c(Cl)cccc2s1. The average molecular weight is 498 g/mol. The van der Waals surface area contributed by atoms with Crippen LogP contribution in [0.5, 0.6) is 0 Å². The molecule has 1 saturated heterocycles. The molecule has 0 aliphatic carbocycles. The molecule has 0 spiro atoms. The normalized spacial score (nSPS) is 15.2. The standard InChI is InChI=1S/C21H21ClFN3O4S2/c22-17-2-1-3-18-20(17)24-21(31-18)26(9-8-25-10-12-30-13-11-25)19(27)14-32(28,29)16-6-4-15(23)5-7-16/h1-7H,8-14H2. The number of rotatable bonds is 7. The maximum absolute atomic E-state index is 13.2. The minimum absolute atomic E-state index is 0.104. The topological polar surface area (TPSA) is 79.8 Å². The van der Waals surface area contributed by atoms with Crippen LogP contribution in [0.3, 0.4) is 0 Å². The molecule has 1 aromatic heterocycles. The van der Waals surface area contributed by atoms with E-state index in [1.54, 1.807) is 12.1 Å². The Morgan fingerprint density at radius 1 is 1.19 bits per heavy atom. The number of halogens is 2. The summed E-state index contributed by atoms with van der Waals surface area (Å²) in [4.78, 5) is 21.2. The second-order valence-electron chi connectivity index (χ2n) is 7.30. The van der Waals surface area contributed by atoms with E-state index < -0.39 is 27.3 Å². The van der Waals surface area contributed by atoms with Crippen LogP contribution in [-0.2, 0) is 19.4 Å². The number of anilines is 1. The van der Waals surface area contributed by atoms with Gasteiger partial charge in [-0.05, 0) is 36.4 Å². The first-order valence-corrected chi connectivity index (χ1v) is 12.8. The van der Waals surface area contributed by atoms with Gasteiger partial charge in [-0.1, -0.05) is 29.0 Å². The Morgan fingerprint density at radius 3 is 2.59 bits per heavy atom. The summed E-state index contributed by atoms with van der Waals surface area (Å²) in [5, 5.41) is 0.852. The third-order valence-corrected chi connectivity index (χ3v) is 8.09. The molecule has 0 bridgehead atoms. The minimum atomic E-state index is -3.95. The number of carbonyl (C=O) groups excluding carboxylic acids is 1. The molecule has 170 valence electrons. The van der Waals surface area contributed by atoms with E-state index in [1.807, 2.05) is 6.07 Å². The van der Waals surface area contributed by atoms with E-state index in [-0.39, 0.29) is 11.4 Å². The van der Waals surface area contributed by atoms with Crippen molar-refractivity contribution in [3.8, 4) is 0 Å². The smallest absolute Gasteiger partial charge is 0.244 e. The molecule has 2 heterocycles. The molecule has 3 aromatic rings. The first-order valence-electron chi connectivity index (χ1n) is 9.97. The van der Waals surface area contributed by atoms with E-state index in [4.69, 9.17) is 16.3 Å². The van der Waals surface area contributed by atoms with Gasteiger partial charge in [0.15, 0.2) is 15.0 Å². The molecule has 7 nitrogen and oxygen atoms in total. The Kier molecular flexibility index (Phi) is 7.06. The van der Waals surface area contributed by atoms with E-state index in [9.17, 15) is 17.6 Å². The van der Waals surface area contributed by atoms with Crippen molar-refractivity contribution in [3.05, 3.63) is 53.3 Å². The van der Waals surface area contributed by atoms with Crippen molar-refractivity contribution in [1.82, 2.24) is 9.88 Å². The molecular formula is C21H21ClFN3O4S2. The van der Waals surface area contributed by atoms with Gasteiger partial charge in [0, 0.05) is 26.2 Å². The summed E-state index contributed by atoms with van der Waals surface area (Å²) in [6, 6.07) is 9.80. The molecule has 32 heavy (non-hydrogen) atoms. The highest BCUT2D eigenvalue weighted by Crippen LogP contribution is 2.33. The third-order valence-electron chi connectivity index (χ3n) is 5.12. The Labute approximate surface area is 194 Å². The Balaban J connectivity index is 1.60. The third kappa shape index (κ3) is 5.26. The lowest BCUT2D eigenvalue weighted by molar-refractivity contribution is -0.116. The molecule has 1 amide bonds. The Morgan fingerprint density at radius 2 is 1.91 bits per heavy atom. The number of amides is 1. The Bertz CT molecular complexity index is 1210. The fourth-order valence-electron chi connectivity index (χ4n) is 3.38. The van der Waals surface area contributed by atoms with Crippen molar-refractivity contribution >= 4 is 54.0 Å². The van der Waals surface area contributed by atoms with Crippen molar-refractivity contribution in [1.29, 1.82) is 0 Å². The molecule has 4 rings (SSSR count). The maximum atomic E-state index is 13.2. The highest BCUT2D eigenvalue weighted by Gasteiger charge is 2.27. The van der Waals surface area contributed by atoms with Crippen LogP contribution in [0.25, 0.3) is 10.2 Å². The van der Waals surface area contributed by atoms with Crippen LogP contribution in [-0.4, -0.2) is 69.4 Å². The van der Waals surface area contributed by atoms with Gasteiger partial charge in [0.2, 0.25) is 5.91 Å². The van der Waals surface area contributed by atoms with Gasteiger partial charge in [-0.15, -0.1) is 0 Å². The zero-order valence-corrected chi connectivity index (χ0v) is 19.4. The number of carbonyl (C=O) groups is 1. The molecule has 11 heteroatoms. The van der Waals surface area contributed by atoms with Gasteiger partial charge in [0.1, 0.15) is 17.1 Å². The lowest BCUT2D eigenvalue weighted by Crippen LogP contribution is -2.44. The first kappa shape index (κ1) is 23.1. The van der Waals surface area contributed by atoms with E-state index >= 15 is 0 Å². The monoisotopic (exact) mass is 497 g/mol. The van der Waals surface area contributed by atoms with Crippen molar-refractivity contribution < 1.29 is 22.3 Å². The van der Waals surface area contributed by atoms with Gasteiger partial charge in [-0.25, -0.2) is 17.8 Å². The van der Waals surface area contributed by atoms with Crippen molar-refractivity contribution in [2.75, 3.05) is 50.0 Å². The summed E-state index contributed by atoms with van der Waals surface area (Å²) in [6.45, 7) is 3.53. The molecule has 1 fully saturated rings. The number of benzene rings is 2. The summed E-state index contributed by atoms with van der Waals surface area (Å²) in [5.41, 5.74) is 0.569. The fraction of sp³-hybridized carbons (Fsp3) is 0.333. The van der Waals surface area contributed by atoms with E-state index in [0.29, 0.717) is 35.4 Å². The summed E-state index contributed by atoms with van der Waals surface area (Å²) >= 11 is 7.52.